The lowest BCUT2D eigenvalue weighted by atomic mass is 9.96. The van der Waals surface area contributed by atoms with Gasteiger partial charge in [0.1, 0.15) is 0 Å². The van der Waals surface area contributed by atoms with Crippen molar-refractivity contribution in [2.75, 3.05) is 13.1 Å². The zero-order valence-corrected chi connectivity index (χ0v) is 10.1. The van der Waals surface area contributed by atoms with Crippen molar-refractivity contribution in [1.29, 1.82) is 0 Å². The molecular formula is C9H10BrNO2S. The normalized spacial score (nSPS) is 19.2. The standard InChI is InChI=1S/C9H10BrNO2S/c1-9(13)4-11(5-9)8(12)6-2-3-14-7(6)10/h2-3,13H,4-5H2,1H3. The summed E-state index contributed by atoms with van der Waals surface area (Å²) in [6.07, 6.45) is 0. The smallest absolute Gasteiger partial charge is 0.256 e. The van der Waals surface area contributed by atoms with Crippen LogP contribution in [0.5, 0.6) is 0 Å². The fourth-order valence-corrected chi connectivity index (χ4v) is 2.77. The van der Waals surface area contributed by atoms with Crippen LogP contribution in [0.1, 0.15) is 17.3 Å². The third kappa shape index (κ3) is 1.71. The van der Waals surface area contributed by atoms with Gasteiger partial charge in [-0.3, -0.25) is 4.79 Å². The minimum atomic E-state index is -0.696. The molecule has 0 saturated carbocycles. The van der Waals surface area contributed by atoms with Crippen molar-refractivity contribution < 1.29 is 9.90 Å². The van der Waals surface area contributed by atoms with E-state index in [2.05, 4.69) is 15.9 Å². The van der Waals surface area contributed by atoms with Crippen LogP contribution in [-0.2, 0) is 0 Å². The first-order chi connectivity index (χ1) is 6.49. The van der Waals surface area contributed by atoms with Gasteiger partial charge in [0.15, 0.2) is 0 Å². The molecule has 0 bridgehead atoms. The predicted molar refractivity (Wildman–Crippen MR) is 58.5 cm³/mol. The van der Waals surface area contributed by atoms with Crippen LogP contribution in [0.4, 0.5) is 0 Å². The molecule has 0 aliphatic carbocycles. The van der Waals surface area contributed by atoms with Crippen LogP contribution >= 0.6 is 27.3 Å². The Morgan fingerprint density at radius 3 is 2.79 bits per heavy atom. The van der Waals surface area contributed by atoms with Crippen molar-refractivity contribution in [3.05, 3.63) is 20.8 Å². The largest absolute Gasteiger partial charge is 0.386 e. The number of amides is 1. The van der Waals surface area contributed by atoms with Crippen LogP contribution in [0.25, 0.3) is 0 Å². The number of β-amino-alcohol motifs (C(OH)–C–C–N with tert-alkyl or cyclic N) is 1. The topological polar surface area (TPSA) is 40.5 Å². The molecule has 0 unspecified atom stereocenters. The minimum absolute atomic E-state index is 0.00958. The highest BCUT2D eigenvalue weighted by Crippen LogP contribution is 2.28. The second-order valence-corrected chi connectivity index (χ2v) is 6.00. The number of hydrogen-bond donors (Lipinski definition) is 1. The van der Waals surface area contributed by atoms with E-state index in [1.54, 1.807) is 17.9 Å². The Bertz CT molecular complexity index is 367. The summed E-state index contributed by atoms with van der Waals surface area (Å²) in [7, 11) is 0. The molecule has 3 nitrogen and oxygen atoms in total. The van der Waals surface area contributed by atoms with Crippen LogP contribution in [0.2, 0.25) is 0 Å². The summed E-state index contributed by atoms with van der Waals surface area (Å²) < 4.78 is 0.856. The number of carbonyl (C=O) groups is 1. The summed E-state index contributed by atoms with van der Waals surface area (Å²) in [5.41, 5.74) is -0.0106. The second kappa shape index (κ2) is 3.32. The maximum atomic E-state index is 11.8. The molecule has 5 heteroatoms. The quantitative estimate of drug-likeness (QED) is 0.848. The van der Waals surface area contributed by atoms with E-state index in [4.69, 9.17) is 0 Å². The molecule has 1 amide bonds. The van der Waals surface area contributed by atoms with Gasteiger partial charge in [0.2, 0.25) is 0 Å². The van der Waals surface area contributed by atoms with Crippen molar-refractivity contribution in [1.82, 2.24) is 4.90 Å². The molecule has 0 spiro atoms. The summed E-state index contributed by atoms with van der Waals surface area (Å²) in [4.78, 5) is 13.4. The van der Waals surface area contributed by atoms with Crippen molar-refractivity contribution in [2.45, 2.75) is 12.5 Å². The zero-order chi connectivity index (χ0) is 10.3. The summed E-state index contributed by atoms with van der Waals surface area (Å²) in [6, 6.07) is 1.80. The Balaban J connectivity index is 2.08. The van der Waals surface area contributed by atoms with E-state index >= 15 is 0 Å². The van der Waals surface area contributed by atoms with E-state index in [0.29, 0.717) is 18.7 Å². The molecule has 1 saturated heterocycles. The van der Waals surface area contributed by atoms with Gasteiger partial charge in [0, 0.05) is 0 Å². The van der Waals surface area contributed by atoms with Crippen molar-refractivity contribution in [3.63, 3.8) is 0 Å². The van der Waals surface area contributed by atoms with Crippen LogP contribution in [0.3, 0.4) is 0 Å². The maximum Gasteiger partial charge on any atom is 0.256 e. The molecule has 0 atom stereocenters. The number of likely N-dealkylation sites (tertiary alicyclic amines) is 1. The number of halogens is 1. The Hall–Kier alpha value is -0.390. The van der Waals surface area contributed by atoms with Crippen molar-refractivity contribution in [3.8, 4) is 0 Å². The molecule has 14 heavy (non-hydrogen) atoms. The van der Waals surface area contributed by atoms with E-state index in [1.165, 1.54) is 11.3 Å². The number of thiophene rings is 1. The van der Waals surface area contributed by atoms with E-state index in [9.17, 15) is 9.90 Å². The summed E-state index contributed by atoms with van der Waals surface area (Å²) in [5, 5.41) is 11.4. The first kappa shape index (κ1) is 10.1. The first-order valence-electron chi connectivity index (χ1n) is 4.24. The lowest BCUT2D eigenvalue weighted by molar-refractivity contribution is -0.0668. The lowest BCUT2D eigenvalue weighted by Gasteiger charge is -2.44. The van der Waals surface area contributed by atoms with E-state index < -0.39 is 5.60 Å². The Morgan fingerprint density at radius 2 is 2.36 bits per heavy atom. The van der Waals surface area contributed by atoms with Crippen LogP contribution in [0.15, 0.2) is 15.2 Å². The van der Waals surface area contributed by atoms with Gasteiger partial charge in [-0.2, -0.15) is 0 Å². The SMILES string of the molecule is CC1(O)CN(C(=O)c2ccsc2Br)C1. The molecule has 1 aliphatic rings. The van der Waals surface area contributed by atoms with Gasteiger partial charge in [-0.05, 0) is 34.3 Å². The highest BCUT2D eigenvalue weighted by Gasteiger charge is 2.40. The molecule has 1 fully saturated rings. The minimum Gasteiger partial charge on any atom is -0.386 e. The molecule has 1 aliphatic heterocycles. The molecule has 1 N–H and O–H groups in total. The molecule has 1 aromatic heterocycles. The highest BCUT2D eigenvalue weighted by molar-refractivity contribution is 9.11. The predicted octanol–water partition coefficient (Wildman–Crippen LogP) is 1.72. The summed E-state index contributed by atoms with van der Waals surface area (Å²) >= 11 is 4.82. The van der Waals surface area contributed by atoms with Gasteiger partial charge in [0.25, 0.3) is 5.91 Å². The second-order valence-electron chi connectivity index (χ2n) is 3.77. The number of hydrogen-bond acceptors (Lipinski definition) is 3. The van der Waals surface area contributed by atoms with Crippen molar-refractivity contribution >= 4 is 33.2 Å². The average Bonchev–Trinajstić information content (AvgIpc) is 2.45. The van der Waals surface area contributed by atoms with Crippen LogP contribution < -0.4 is 0 Å². The lowest BCUT2D eigenvalue weighted by Crippen LogP contribution is -2.61. The van der Waals surface area contributed by atoms with E-state index in [0.717, 1.165) is 3.79 Å². The summed E-state index contributed by atoms with van der Waals surface area (Å²) in [5.74, 6) is -0.00958. The molecule has 2 heterocycles. The summed E-state index contributed by atoms with van der Waals surface area (Å²) in [6.45, 7) is 2.59. The van der Waals surface area contributed by atoms with Gasteiger partial charge in [-0.15, -0.1) is 11.3 Å². The van der Waals surface area contributed by atoms with Crippen LogP contribution in [-0.4, -0.2) is 34.6 Å². The van der Waals surface area contributed by atoms with E-state index in [-0.39, 0.29) is 5.91 Å². The van der Waals surface area contributed by atoms with Gasteiger partial charge < -0.3 is 10.0 Å². The first-order valence-corrected chi connectivity index (χ1v) is 5.91. The molecule has 2 rings (SSSR count). The zero-order valence-electron chi connectivity index (χ0n) is 7.66. The molecule has 0 radical (unpaired) electrons. The Kier molecular flexibility index (Phi) is 2.41. The molecule has 0 aromatic carbocycles. The van der Waals surface area contributed by atoms with Gasteiger partial charge in [-0.25, -0.2) is 0 Å². The monoisotopic (exact) mass is 275 g/mol. The average molecular weight is 276 g/mol. The molecule has 1 aromatic rings. The maximum absolute atomic E-state index is 11.8. The Labute approximate surface area is 94.5 Å². The Morgan fingerprint density at radius 1 is 1.71 bits per heavy atom. The third-order valence-corrected chi connectivity index (χ3v) is 3.89. The number of carbonyl (C=O) groups excluding carboxylic acids is 1. The number of rotatable bonds is 1. The van der Waals surface area contributed by atoms with Crippen LogP contribution in [0, 0.1) is 0 Å². The highest BCUT2D eigenvalue weighted by atomic mass is 79.9. The third-order valence-electron chi connectivity index (χ3n) is 2.20. The van der Waals surface area contributed by atoms with Gasteiger partial charge in [0.05, 0.1) is 28.0 Å². The number of aliphatic hydroxyl groups is 1. The van der Waals surface area contributed by atoms with E-state index in [1.807, 2.05) is 5.38 Å². The fourth-order valence-electron chi connectivity index (χ4n) is 1.54. The van der Waals surface area contributed by atoms with Crippen molar-refractivity contribution in [2.24, 2.45) is 0 Å². The van der Waals surface area contributed by atoms with Gasteiger partial charge in [-0.1, -0.05) is 0 Å². The molecular weight excluding hydrogens is 266 g/mol. The molecule has 76 valence electrons. The fraction of sp³-hybridized carbons (Fsp3) is 0.444. The number of nitrogens with zero attached hydrogens (tertiary/aromatic N) is 1. The van der Waals surface area contributed by atoms with Gasteiger partial charge >= 0.3 is 0 Å².